The van der Waals surface area contributed by atoms with Crippen LogP contribution in [0.25, 0.3) is 0 Å². The Morgan fingerprint density at radius 2 is 2.12 bits per heavy atom. The monoisotopic (exact) mass is 439 g/mol. The first kappa shape index (κ1) is 17.2. The number of carbonyl (C=O) groups is 3. The summed E-state index contributed by atoms with van der Waals surface area (Å²) in [5.41, 5.74) is -1.55. The molecule has 2 fully saturated rings. The highest BCUT2D eigenvalue weighted by Crippen LogP contribution is 2.46. The molecule has 0 aromatic heterocycles. The second kappa shape index (κ2) is 5.40. The third-order valence-electron chi connectivity index (χ3n) is 4.69. The number of nitrogens with one attached hydrogen (secondary N) is 2. The van der Waals surface area contributed by atoms with Crippen molar-refractivity contribution in [1.82, 2.24) is 10.2 Å². The number of carbonyl (C=O) groups excluding carboxylic acids is 3. The summed E-state index contributed by atoms with van der Waals surface area (Å²) in [6.45, 7) is 3.47. The number of hydrogen-bond donors (Lipinski definition) is 2. The van der Waals surface area contributed by atoms with Crippen molar-refractivity contribution in [3.05, 3.63) is 28.2 Å². The zero-order chi connectivity index (χ0) is 18.9. The lowest BCUT2D eigenvalue weighted by Crippen LogP contribution is -2.59. The quantitative estimate of drug-likeness (QED) is 0.641. The molecule has 1 aromatic carbocycles. The van der Waals surface area contributed by atoms with Crippen LogP contribution < -0.4 is 10.6 Å². The summed E-state index contributed by atoms with van der Waals surface area (Å²) in [5, 5.41) is 5.37. The van der Waals surface area contributed by atoms with Crippen molar-refractivity contribution in [3.63, 3.8) is 0 Å². The molecule has 0 aliphatic carbocycles. The number of ether oxygens (including phenoxy) is 2. The smallest absolute Gasteiger partial charge is 0.417 e. The van der Waals surface area contributed by atoms with Crippen LogP contribution in [-0.4, -0.2) is 46.2 Å². The molecule has 26 heavy (non-hydrogen) atoms. The van der Waals surface area contributed by atoms with E-state index >= 15 is 0 Å². The molecule has 2 atom stereocenters. The van der Waals surface area contributed by atoms with Crippen LogP contribution in [-0.2, 0) is 24.7 Å². The van der Waals surface area contributed by atoms with E-state index in [0.717, 1.165) is 4.90 Å². The summed E-state index contributed by atoms with van der Waals surface area (Å²) in [6.07, 6.45) is -0.761. The number of amides is 3. The van der Waals surface area contributed by atoms with Crippen molar-refractivity contribution in [2.75, 3.05) is 11.9 Å². The van der Waals surface area contributed by atoms with Crippen LogP contribution in [0.5, 0.6) is 0 Å². The fourth-order valence-corrected chi connectivity index (χ4v) is 4.09. The summed E-state index contributed by atoms with van der Waals surface area (Å²) >= 11 is 8.45. The van der Waals surface area contributed by atoms with E-state index in [1.807, 2.05) is 0 Å². The molecule has 136 valence electrons. The van der Waals surface area contributed by atoms with E-state index in [2.05, 4.69) is 26.6 Å². The van der Waals surface area contributed by atoms with Crippen LogP contribution in [0.4, 0.5) is 10.5 Å². The molecule has 1 aromatic rings. The second-order valence-electron chi connectivity index (χ2n) is 6.89. The predicted octanol–water partition coefficient (Wildman–Crippen LogP) is 1.63. The molecule has 3 amide bonds. The zero-order valence-electron chi connectivity index (χ0n) is 13.8. The van der Waals surface area contributed by atoms with Gasteiger partial charge in [0.05, 0.1) is 5.54 Å². The van der Waals surface area contributed by atoms with E-state index in [4.69, 9.17) is 21.7 Å². The van der Waals surface area contributed by atoms with Crippen molar-refractivity contribution < 1.29 is 23.9 Å². The number of hydrogen-bond acceptors (Lipinski definition) is 6. The van der Waals surface area contributed by atoms with Crippen molar-refractivity contribution in [3.8, 4) is 0 Å². The third kappa shape index (κ3) is 2.18. The maximum atomic E-state index is 13.3. The van der Waals surface area contributed by atoms with E-state index in [0.29, 0.717) is 15.7 Å². The molecule has 0 bridgehead atoms. The summed E-state index contributed by atoms with van der Waals surface area (Å²) in [6, 6.07) is 3.95. The van der Waals surface area contributed by atoms with Gasteiger partial charge in [-0.3, -0.25) is 9.59 Å². The fraction of sp³-hybridized carbons (Fsp3) is 0.375. The van der Waals surface area contributed by atoms with Crippen LogP contribution in [0.2, 0.25) is 0 Å². The Kier molecular flexibility index (Phi) is 3.58. The SMILES string of the molecule is CC1(C)COC(=O)N1C(=O)[C@H]1NC(=S)O[C@@]12C(=O)Nc1ccc(Br)cc12. The number of benzene rings is 1. The Labute approximate surface area is 162 Å². The number of nitrogens with zero attached hydrogens (tertiary/aromatic N) is 1. The van der Waals surface area contributed by atoms with Crippen molar-refractivity contribution in [2.24, 2.45) is 0 Å². The molecule has 4 rings (SSSR count). The molecule has 0 saturated carbocycles. The van der Waals surface area contributed by atoms with E-state index in [1.165, 1.54) is 0 Å². The van der Waals surface area contributed by atoms with Gasteiger partial charge in [0.25, 0.3) is 17.0 Å². The number of thiocarbonyl (C=S) groups is 1. The van der Waals surface area contributed by atoms with Crippen molar-refractivity contribution in [2.45, 2.75) is 31.0 Å². The molecule has 2 N–H and O–H groups in total. The van der Waals surface area contributed by atoms with Gasteiger partial charge in [0.2, 0.25) is 5.60 Å². The Hall–Kier alpha value is -2.20. The van der Waals surface area contributed by atoms with Crippen LogP contribution in [0.15, 0.2) is 22.7 Å². The van der Waals surface area contributed by atoms with E-state index < -0.39 is 35.1 Å². The normalized spacial score (nSPS) is 28.5. The van der Waals surface area contributed by atoms with Crippen LogP contribution in [0, 0.1) is 0 Å². The molecule has 0 unspecified atom stereocenters. The molecule has 3 aliphatic rings. The minimum absolute atomic E-state index is 0.0664. The Balaban J connectivity index is 1.84. The molecule has 3 heterocycles. The highest BCUT2D eigenvalue weighted by atomic mass is 79.9. The standard InChI is InChI=1S/C16H14BrN3O5S/c1-15(2)6-24-14(23)20(15)11(21)10-16(25-13(26)19-10)8-5-7(17)3-4-9(8)18-12(16)22/h3-5,10H,6H2,1-2H3,(H,18,22)(H,19,26)/t10-,16-/m1/s1. The molecule has 0 radical (unpaired) electrons. The molecular formula is C16H14BrN3O5S. The van der Waals surface area contributed by atoms with E-state index in [1.54, 1.807) is 32.0 Å². The van der Waals surface area contributed by atoms with Crippen LogP contribution in [0.1, 0.15) is 19.4 Å². The number of imide groups is 1. The zero-order valence-corrected chi connectivity index (χ0v) is 16.2. The lowest BCUT2D eigenvalue weighted by atomic mass is 9.86. The minimum Gasteiger partial charge on any atom is -0.447 e. The van der Waals surface area contributed by atoms with Gasteiger partial charge in [-0.05, 0) is 44.3 Å². The van der Waals surface area contributed by atoms with Crippen molar-refractivity contribution in [1.29, 1.82) is 0 Å². The van der Waals surface area contributed by atoms with E-state index in [9.17, 15) is 14.4 Å². The Morgan fingerprint density at radius 1 is 1.38 bits per heavy atom. The number of cyclic esters (lactones) is 1. The number of halogens is 1. The minimum atomic E-state index is -1.69. The molecule has 10 heteroatoms. The fourth-order valence-electron chi connectivity index (χ4n) is 3.48. The van der Waals surface area contributed by atoms with Crippen LogP contribution in [0.3, 0.4) is 0 Å². The largest absolute Gasteiger partial charge is 0.447 e. The first-order valence-corrected chi connectivity index (χ1v) is 8.99. The van der Waals surface area contributed by atoms with Gasteiger partial charge in [-0.25, -0.2) is 9.69 Å². The molecule has 1 spiro atoms. The summed E-state index contributed by atoms with van der Waals surface area (Å²) in [4.78, 5) is 39.2. The molecule has 2 saturated heterocycles. The van der Waals surface area contributed by atoms with Gasteiger partial charge in [0.1, 0.15) is 6.61 Å². The van der Waals surface area contributed by atoms with E-state index in [-0.39, 0.29) is 11.8 Å². The topological polar surface area (TPSA) is 97.0 Å². The van der Waals surface area contributed by atoms with Crippen molar-refractivity contribution >= 4 is 56.9 Å². The molecule has 8 nitrogen and oxygen atoms in total. The highest BCUT2D eigenvalue weighted by Gasteiger charge is 2.64. The number of anilines is 1. The lowest BCUT2D eigenvalue weighted by Gasteiger charge is -2.32. The Bertz CT molecular complexity index is 889. The summed E-state index contributed by atoms with van der Waals surface area (Å²) in [7, 11) is 0. The average molecular weight is 440 g/mol. The first-order chi connectivity index (χ1) is 12.2. The number of rotatable bonds is 1. The summed E-state index contributed by atoms with van der Waals surface area (Å²) < 4.78 is 11.4. The molecular weight excluding hydrogens is 426 g/mol. The van der Waals surface area contributed by atoms with Gasteiger partial charge in [-0.2, -0.15) is 0 Å². The van der Waals surface area contributed by atoms with Gasteiger partial charge in [0.15, 0.2) is 6.04 Å². The average Bonchev–Trinajstić information content (AvgIpc) is 3.14. The number of fused-ring (bicyclic) bond motifs is 2. The summed E-state index contributed by atoms with van der Waals surface area (Å²) in [5.74, 6) is -1.16. The lowest BCUT2D eigenvalue weighted by molar-refractivity contribution is -0.144. The predicted molar refractivity (Wildman–Crippen MR) is 97.3 cm³/mol. The molecule has 3 aliphatic heterocycles. The second-order valence-corrected chi connectivity index (χ2v) is 8.17. The third-order valence-corrected chi connectivity index (χ3v) is 5.39. The Morgan fingerprint density at radius 3 is 2.77 bits per heavy atom. The van der Waals surface area contributed by atoms with Gasteiger partial charge < -0.3 is 20.1 Å². The van der Waals surface area contributed by atoms with Gasteiger partial charge in [-0.1, -0.05) is 15.9 Å². The maximum absolute atomic E-state index is 13.3. The first-order valence-electron chi connectivity index (χ1n) is 7.78. The maximum Gasteiger partial charge on any atom is 0.417 e. The van der Waals surface area contributed by atoms with Gasteiger partial charge in [0, 0.05) is 15.7 Å². The van der Waals surface area contributed by atoms with Gasteiger partial charge in [-0.15, -0.1) is 0 Å². The van der Waals surface area contributed by atoms with Crippen LogP contribution >= 0.6 is 28.1 Å². The van der Waals surface area contributed by atoms with Gasteiger partial charge >= 0.3 is 6.09 Å². The highest BCUT2D eigenvalue weighted by molar-refractivity contribution is 9.10.